The fourth-order valence-corrected chi connectivity index (χ4v) is 3.77. The molecule has 0 aliphatic carbocycles. The average Bonchev–Trinajstić information content (AvgIpc) is 3.04. The quantitative estimate of drug-likeness (QED) is 0.605. The van der Waals surface area contributed by atoms with Gasteiger partial charge in [0.25, 0.3) is 0 Å². The van der Waals surface area contributed by atoms with E-state index in [1.54, 1.807) is 37.3 Å². The highest BCUT2D eigenvalue weighted by Gasteiger charge is 2.33. The number of benzene rings is 2. The predicted octanol–water partition coefficient (Wildman–Crippen LogP) is 4.65. The van der Waals surface area contributed by atoms with E-state index in [0.29, 0.717) is 26.9 Å². The molecule has 7 nitrogen and oxygen atoms in total. The maximum atomic E-state index is 12.5. The van der Waals surface area contributed by atoms with Crippen LogP contribution in [0.5, 0.6) is 5.75 Å². The zero-order valence-corrected chi connectivity index (χ0v) is 17.8. The van der Waals surface area contributed by atoms with E-state index in [2.05, 4.69) is 4.99 Å². The molecule has 0 spiro atoms. The second-order valence-corrected chi connectivity index (χ2v) is 7.56. The van der Waals surface area contributed by atoms with E-state index < -0.39 is 18.5 Å². The van der Waals surface area contributed by atoms with Gasteiger partial charge in [-0.05, 0) is 38.1 Å². The van der Waals surface area contributed by atoms with Gasteiger partial charge in [0.05, 0.1) is 17.2 Å². The van der Waals surface area contributed by atoms with Crippen molar-refractivity contribution in [1.29, 1.82) is 0 Å². The Morgan fingerprint density at radius 3 is 2.52 bits per heavy atom. The number of rotatable bonds is 7. The lowest BCUT2D eigenvalue weighted by molar-refractivity contribution is -0.139. The number of hydrogen-bond acceptors (Lipinski definition) is 7. The first-order chi connectivity index (χ1) is 14.9. The maximum Gasteiger partial charge on any atom is 0.344 e. The molecule has 1 heterocycles. The maximum absolute atomic E-state index is 12.5. The van der Waals surface area contributed by atoms with Crippen LogP contribution < -0.4 is 4.74 Å². The highest BCUT2D eigenvalue weighted by Crippen LogP contribution is 2.41. The van der Waals surface area contributed by atoms with Crippen LogP contribution in [0.25, 0.3) is 6.08 Å². The Labute approximate surface area is 183 Å². The average molecular weight is 439 g/mol. The molecule has 0 radical (unpaired) electrons. The van der Waals surface area contributed by atoms with Crippen molar-refractivity contribution in [2.75, 3.05) is 13.2 Å². The van der Waals surface area contributed by atoms with Crippen LogP contribution in [0.1, 0.15) is 18.1 Å². The Bertz CT molecular complexity index is 1090. The summed E-state index contributed by atoms with van der Waals surface area (Å²) in [5, 5.41) is 20.0. The van der Waals surface area contributed by atoms with Gasteiger partial charge in [0.2, 0.25) is 0 Å². The molecule has 0 unspecified atom stereocenters. The van der Waals surface area contributed by atoms with Crippen LogP contribution in [0.2, 0.25) is 0 Å². The van der Waals surface area contributed by atoms with Gasteiger partial charge in [0.1, 0.15) is 22.1 Å². The molecule has 8 heteroatoms. The molecule has 2 aromatic rings. The minimum atomic E-state index is -1.10. The normalized spacial score (nSPS) is 16.1. The number of para-hydroxylation sites is 1. The Kier molecular flexibility index (Phi) is 7.15. The zero-order chi connectivity index (χ0) is 22.4. The standard InChI is InChI=1S/C23H21NO6S/c1-3-29-23(28)20-21(27)18(31-22(20)24-16-10-8-14(2)9-11-16)12-15-6-4-5-7-17(15)30-13-19(25)26/h4-12,27H,3,13H2,1-2H3,(H,25,26)/b18-12+,24-22?. The van der Waals surface area contributed by atoms with Crippen molar-refractivity contribution >= 4 is 40.5 Å². The molecule has 0 fully saturated rings. The number of aliphatic imine (C=N–C) groups is 1. The number of thioether (sulfide) groups is 1. The number of aliphatic hydroxyl groups is 1. The summed E-state index contributed by atoms with van der Waals surface area (Å²) in [5.41, 5.74) is 2.25. The first-order valence-corrected chi connectivity index (χ1v) is 10.3. The molecule has 2 aromatic carbocycles. The second-order valence-electron chi connectivity index (χ2n) is 6.53. The molecule has 2 N–H and O–H groups in total. The predicted molar refractivity (Wildman–Crippen MR) is 120 cm³/mol. The second kappa shape index (κ2) is 9.99. The third-order valence-corrected chi connectivity index (χ3v) is 5.21. The van der Waals surface area contributed by atoms with Crippen LogP contribution in [0, 0.1) is 6.92 Å². The summed E-state index contributed by atoms with van der Waals surface area (Å²) in [7, 11) is 0. The number of carboxylic acid groups (broad SMARTS) is 1. The van der Waals surface area contributed by atoms with Gasteiger partial charge in [-0.25, -0.2) is 14.6 Å². The van der Waals surface area contributed by atoms with Crippen LogP contribution in [0.3, 0.4) is 0 Å². The largest absolute Gasteiger partial charge is 0.506 e. The first-order valence-electron chi connectivity index (χ1n) is 9.48. The first kappa shape index (κ1) is 22.2. The summed E-state index contributed by atoms with van der Waals surface area (Å²) < 4.78 is 10.4. The molecule has 0 atom stereocenters. The number of carboxylic acids is 1. The number of hydrogen-bond donors (Lipinski definition) is 2. The third kappa shape index (κ3) is 5.55. The van der Waals surface area contributed by atoms with Gasteiger partial charge in [-0.3, -0.25) is 0 Å². The van der Waals surface area contributed by atoms with Crippen molar-refractivity contribution in [2.45, 2.75) is 13.8 Å². The number of ether oxygens (including phenoxy) is 2. The van der Waals surface area contributed by atoms with Crippen molar-refractivity contribution in [3.8, 4) is 5.75 Å². The number of aliphatic hydroxyl groups excluding tert-OH is 1. The number of aryl methyl sites for hydroxylation is 1. The van der Waals surface area contributed by atoms with Crippen LogP contribution >= 0.6 is 11.8 Å². The van der Waals surface area contributed by atoms with Gasteiger partial charge in [0.15, 0.2) is 6.61 Å². The fraction of sp³-hybridized carbons (Fsp3) is 0.174. The van der Waals surface area contributed by atoms with E-state index in [4.69, 9.17) is 14.6 Å². The van der Waals surface area contributed by atoms with Gasteiger partial charge in [-0.15, -0.1) is 0 Å². The van der Waals surface area contributed by atoms with Crippen LogP contribution in [-0.4, -0.2) is 40.4 Å². The smallest absolute Gasteiger partial charge is 0.344 e. The van der Waals surface area contributed by atoms with Crippen molar-refractivity contribution in [1.82, 2.24) is 0 Å². The molecule has 1 aliphatic rings. The Balaban J connectivity index is 2.01. The monoisotopic (exact) mass is 439 g/mol. The number of esters is 1. The van der Waals surface area contributed by atoms with Gasteiger partial charge < -0.3 is 19.7 Å². The number of carbonyl (C=O) groups excluding carboxylic acids is 1. The summed E-state index contributed by atoms with van der Waals surface area (Å²) in [6.45, 7) is 3.30. The van der Waals surface area contributed by atoms with Crippen LogP contribution in [0.15, 0.2) is 69.8 Å². The van der Waals surface area contributed by atoms with Gasteiger partial charge in [-0.2, -0.15) is 0 Å². The minimum absolute atomic E-state index is 0.0115. The van der Waals surface area contributed by atoms with Gasteiger partial charge in [0, 0.05) is 5.56 Å². The van der Waals surface area contributed by atoms with Crippen LogP contribution in [-0.2, 0) is 14.3 Å². The van der Waals surface area contributed by atoms with Crippen molar-refractivity contribution in [2.24, 2.45) is 4.99 Å². The minimum Gasteiger partial charge on any atom is -0.506 e. The third-order valence-electron chi connectivity index (χ3n) is 4.19. The Hall–Kier alpha value is -3.52. The molecule has 0 aromatic heterocycles. The lowest BCUT2D eigenvalue weighted by Crippen LogP contribution is -2.12. The molecule has 0 saturated heterocycles. The zero-order valence-electron chi connectivity index (χ0n) is 17.0. The lowest BCUT2D eigenvalue weighted by Gasteiger charge is -2.07. The molecular weight excluding hydrogens is 418 g/mol. The summed E-state index contributed by atoms with van der Waals surface area (Å²) in [5.74, 6) is -1.68. The highest BCUT2D eigenvalue weighted by atomic mass is 32.2. The number of nitrogens with zero attached hydrogens (tertiary/aromatic N) is 1. The fourth-order valence-electron chi connectivity index (χ4n) is 2.74. The summed E-state index contributed by atoms with van der Waals surface area (Å²) in [6, 6.07) is 14.3. The molecule has 0 saturated carbocycles. The Morgan fingerprint density at radius 1 is 1.13 bits per heavy atom. The van der Waals surface area contributed by atoms with E-state index >= 15 is 0 Å². The van der Waals surface area contributed by atoms with E-state index in [-0.39, 0.29) is 17.9 Å². The van der Waals surface area contributed by atoms with Crippen molar-refractivity contribution in [3.05, 3.63) is 75.9 Å². The van der Waals surface area contributed by atoms with Gasteiger partial charge in [-0.1, -0.05) is 47.7 Å². The lowest BCUT2D eigenvalue weighted by atomic mass is 10.1. The van der Waals surface area contributed by atoms with Crippen molar-refractivity contribution in [3.63, 3.8) is 0 Å². The molecule has 0 amide bonds. The van der Waals surface area contributed by atoms with Gasteiger partial charge >= 0.3 is 11.9 Å². The SMILES string of the molecule is CCOC(=O)C1=C(O)/C(=C\c2ccccc2OCC(=O)O)SC1=Nc1ccc(C)cc1. The molecule has 0 bridgehead atoms. The summed E-state index contributed by atoms with van der Waals surface area (Å²) >= 11 is 1.12. The van der Waals surface area contributed by atoms with E-state index in [1.807, 2.05) is 31.2 Å². The van der Waals surface area contributed by atoms with Crippen LogP contribution in [0.4, 0.5) is 5.69 Å². The van der Waals surface area contributed by atoms with E-state index in [9.17, 15) is 14.7 Å². The molecule has 160 valence electrons. The Morgan fingerprint density at radius 2 is 1.84 bits per heavy atom. The molecule has 1 aliphatic heterocycles. The topological polar surface area (TPSA) is 105 Å². The number of aliphatic carboxylic acids is 1. The molecule has 31 heavy (non-hydrogen) atoms. The molecule has 3 rings (SSSR count). The summed E-state index contributed by atoms with van der Waals surface area (Å²) in [6.07, 6.45) is 1.62. The van der Waals surface area contributed by atoms with E-state index in [1.165, 1.54) is 0 Å². The molecular formula is C23H21NO6S. The van der Waals surface area contributed by atoms with Crippen molar-refractivity contribution < 1.29 is 29.3 Å². The highest BCUT2D eigenvalue weighted by molar-refractivity contribution is 8.18. The van der Waals surface area contributed by atoms with E-state index in [0.717, 1.165) is 17.3 Å². The number of carbonyl (C=O) groups is 2. The summed E-state index contributed by atoms with van der Waals surface area (Å²) in [4.78, 5) is 28.2.